The van der Waals surface area contributed by atoms with Crippen LogP contribution in [-0.2, 0) is 19.1 Å². The quantitative estimate of drug-likeness (QED) is 0.770. The lowest BCUT2D eigenvalue weighted by Gasteiger charge is -2.24. The summed E-state index contributed by atoms with van der Waals surface area (Å²) < 4.78 is 39.3. The molecule has 1 aromatic carbocycles. The first kappa shape index (κ1) is 21.6. The molecule has 2 aliphatic rings. The number of hydroxylamine groups is 2. The summed E-state index contributed by atoms with van der Waals surface area (Å²) in [4.78, 5) is 42.4. The molecule has 2 aliphatic heterocycles. The van der Waals surface area contributed by atoms with Crippen LogP contribution in [0.5, 0.6) is 0 Å². The fourth-order valence-electron chi connectivity index (χ4n) is 3.22. The molecule has 0 aliphatic carbocycles. The number of carbonyl (C=O) groups is 3. The number of amides is 3. The number of hydrogen-bond acceptors (Lipinski definition) is 7. The van der Waals surface area contributed by atoms with Crippen molar-refractivity contribution in [3.8, 4) is 0 Å². The Morgan fingerprint density at radius 1 is 1.23 bits per heavy atom. The monoisotopic (exact) mass is 428 g/mol. The number of carbonyl (C=O) groups excluding carboxylic acids is 3. The van der Waals surface area contributed by atoms with Crippen LogP contribution < -0.4 is 15.1 Å². The van der Waals surface area contributed by atoms with Gasteiger partial charge in [-0.15, -0.1) is 0 Å². The van der Waals surface area contributed by atoms with Gasteiger partial charge in [0.05, 0.1) is 39.0 Å². The maximum atomic E-state index is 14.8. The maximum Gasteiger partial charge on any atom is 0.433 e. The molecule has 164 valence electrons. The van der Waals surface area contributed by atoms with Crippen molar-refractivity contribution in [2.75, 3.05) is 56.2 Å². The Bertz CT molecular complexity index is 816. The van der Waals surface area contributed by atoms with Gasteiger partial charge in [-0.1, -0.05) is 0 Å². The van der Waals surface area contributed by atoms with Gasteiger partial charge in [-0.25, -0.2) is 18.4 Å². The van der Waals surface area contributed by atoms with Gasteiger partial charge in [0.25, 0.3) is 0 Å². The Morgan fingerprint density at radius 2 is 1.93 bits per heavy atom. The van der Waals surface area contributed by atoms with Crippen LogP contribution in [0.4, 0.5) is 29.7 Å². The third-order valence-corrected chi connectivity index (χ3v) is 4.64. The fraction of sp³-hybridized carbons (Fsp3) is 0.500. The second-order valence-electron chi connectivity index (χ2n) is 6.70. The van der Waals surface area contributed by atoms with E-state index in [1.54, 1.807) is 0 Å². The van der Waals surface area contributed by atoms with Crippen molar-refractivity contribution >= 4 is 29.5 Å². The van der Waals surface area contributed by atoms with E-state index in [1.807, 2.05) is 0 Å². The molecule has 2 fully saturated rings. The predicted molar refractivity (Wildman–Crippen MR) is 99.9 cm³/mol. The van der Waals surface area contributed by atoms with Gasteiger partial charge < -0.3 is 19.7 Å². The normalized spacial score (nSPS) is 19.4. The van der Waals surface area contributed by atoms with E-state index < -0.39 is 29.9 Å². The number of hydrogen-bond donors (Lipinski definition) is 1. The number of ether oxygens (including phenoxy) is 2. The van der Waals surface area contributed by atoms with Gasteiger partial charge in [0.15, 0.2) is 11.6 Å². The largest absolute Gasteiger partial charge is 0.451 e. The smallest absolute Gasteiger partial charge is 0.433 e. The summed E-state index contributed by atoms with van der Waals surface area (Å²) in [6.07, 6.45) is -2.08. The van der Waals surface area contributed by atoms with Crippen molar-refractivity contribution < 1.29 is 37.5 Å². The van der Waals surface area contributed by atoms with Gasteiger partial charge in [-0.05, 0) is 0 Å². The molecule has 0 radical (unpaired) electrons. The molecule has 0 bridgehead atoms. The molecule has 3 amide bonds. The van der Waals surface area contributed by atoms with Gasteiger partial charge in [-0.2, -0.15) is 5.06 Å². The third kappa shape index (κ3) is 4.70. The topological polar surface area (TPSA) is 101 Å². The van der Waals surface area contributed by atoms with Crippen molar-refractivity contribution in [3.05, 3.63) is 23.8 Å². The zero-order chi connectivity index (χ0) is 21.8. The number of methoxy groups -OCH3 is 1. The Kier molecular flexibility index (Phi) is 6.55. The first-order chi connectivity index (χ1) is 14.3. The number of anilines is 2. The molecular weight excluding hydrogens is 406 g/mol. The minimum absolute atomic E-state index is 0.00587. The molecular formula is C18H22F2N4O6. The molecule has 0 unspecified atom stereocenters. The minimum atomic E-state index is -0.866. The minimum Gasteiger partial charge on any atom is -0.451 e. The zero-order valence-corrected chi connectivity index (χ0v) is 16.5. The highest BCUT2D eigenvalue weighted by molar-refractivity contribution is 5.90. The van der Waals surface area contributed by atoms with Crippen molar-refractivity contribution in [1.29, 1.82) is 0 Å². The highest BCUT2D eigenvalue weighted by Gasteiger charge is 2.34. The number of rotatable bonds is 4. The van der Waals surface area contributed by atoms with E-state index in [2.05, 4.69) is 10.1 Å². The van der Waals surface area contributed by atoms with Crippen LogP contribution in [0.2, 0.25) is 0 Å². The Morgan fingerprint density at radius 3 is 2.57 bits per heavy atom. The molecule has 30 heavy (non-hydrogen) atoms. The van der Waals surface area contributed by atoms with Gasteiger partial charge in [0.2, 0.25) is 5.91 Å². The van der Waals surface area contributed by atoms with Crippen LogP contribution in [0, 0.1) is 11.6 Å². The summed E-state index contributed by atoms with van der Waals surface area (Å²) in [5, 5.41) is 3.52. The SMILES string of the molecule is COC(=O)N1CCN(c2c(F)cc(N3C[C@H](CNC(C)=O)OC3=O)cc2F)CCO1. The van der Waals surface area contributed by atoms with E-state index in [4.69, 9.17) is 9.57 Å². The molecule has 1 aromatic rings. The van der Waals surface area contributed by atoms with Crippen LogP contribution in [-0.4, -0.2) is 75.7 Å². The van der Waals surface area contributed by atoms with Gasteiger partial charge >= 0.3 is 12.2 Å². The summed E-state index contributed by atoms with van der Waals surface area (Å²) in [6.45, 7) is 1.82. The number of benzene rings is 1. The molecule has 0 aromatic heterocycles. The lowest BCUT2D eigenvalue weighted by Crippen LogP contribution is -2.35. The molecule has 0 spiro atoms. The average Bonchev–Trinajstić information content (AvgIpc) is 2.90. The molecule has 2 heterocycles. The highest BCUT2D eigenvalue weighted by atomic mass is 19.1. The van der Waals surface area contributed by atoms with E-state index in [1.165, 1.54) is 18.9 Å². The van der Waals surface area contributed by atoms with Gasteiger partial charge in [-0.3, -0.25) is 14.5 Å². The van der Waals surface area contributed by atoms with Crippen LogP contribution >= 0.6 is 0 Å². The number of cyclic esters (lactones) is 1. The number of nitrogens with zero attached hydrogens (tertiary/aromatic N) is 3. The van der Waals surface area contributed by atoms with Gasteiger partial charge in [0.1, 0.15) is 11.8 Å². The lowest BCUT2D eigenvalue weighted by molar-refractivity contribution is -0.122. The van der Waals surface area contributed by atoms with Crippen molar-refractivity contribution in [3.63, 3.8) is 0 Å². The molecule has 10 nitrogen and oxygen atoms in total. The van der Waals surface area contributed by atoms with Crippen LogP contribution in [0.15, 0.2) is 12.1 Å². The highest BCUT2D eigenvalue weighted by Crippen LogP contribution is 2.31. The fourth-order valence-corrected chi connectivity index (χ4v) is 3.22. The summed E-state index contributed by atoms with van der Waals surface area (Å²) in [7, 11) is 1.20. The van der Waals surface area contributed by atoms with E-state index in [0.717, 1.165) is 22.1 Å². The molecule has 2 saturated heterocycles. The third-order valence-electron chi connectivity index (χ3n) is 4.64. The molecule has 1 N–H and O–H groups in total. The predicted octanol–water partition coefficient (Wildman–Crippen LogP) is 1.25. The summed E-state index contributed by atoms with van der Waals surface area (Å²) in [6, 6.07) is 2.09. The second kappa shape index (κ2) is 9.11. The summed E-state index contributed by atoms with van der Waals surface area (Å²) in [5.41, 5.74) is -0.275. The van der Waals surface area contributed by atoms with Crippen molar-refractivity contribution in [2.45, 2.75) is 13.0 Å². The molecule has 0 saturated carbocycles. The number of halogens is 2. The standard InChI is InChI=1S/C18H22F2N4O6/c1-11(25)21-9-13-10-23(17(26)30-13)12-7-14(19)16(15(20)8-12)22-3-4-24(18(27)28-2)29-6-5-22/h7-8,13H,3-6,9-10H2,1-2H3,(H,21,25)/t13-/m0/s1. The average molecular weight is 428 g/mol. The van der Waals surface area contributed by atoms with Crippen molar-refractivity contribution in [2.24, 2.45) is 0 Å². The van der Waals surface area contributed by atoms with E-state index in [9.17, 15) is 23.2 Å². The van der Waals surface area contributed by atoms with E-state index in [0.29, 0.717) is 0 Å². The second-order valence-corrected chi connectivity index (χ2v) is 6.70. The van der Waals surface area contributed by atoms with Crippen LogP contribution in [0.25, 0.3) is 0 Å². The van der Waals surface area contributed by atoms with Crippen LogP contribution in [0.1, 0.15) is 6.92 Å². The Hall–Kier alpha value is -3.15. The zero-order valence-electron chi connectivity index (χ0n) is 16.5. The first-order valence-corrected chi connectivity index (χ1v) is 9.25. The molecule has 1 atom stereocenters. The van der Waals surface area contributed by atoms with E-state index >= 15 is 0 Å². The summed E-state index contributed by atoms with van der Waals surface area (Å²) >= 11 is 0. The Labute approximate surface area is 171 Å². The van der Waals surface area contributed by atoms with Crippen LogP contribution in [0.3, 0.4) is 0 Å². The molecule has 12 heteroatoms. The summed E-state index contributed by atoms with van der Waals surface area (Å²) in [5.74, 6) is -2.01. The van der Waals surface area contributed by atoms with E-state index in [-0.39, 0.29) is 56.6 Å². The lowest BCUT2D eigenvalue weighted by atomic mass is 10.2. The first-order valence-electron chi connectivity index (χ1n) is 9.25. The Balaban J connectivity index is 1.73. The van der Waals surface area contributed by atoms with Crippen molar-refractivity contribution in [1.82, 2.24) is 10.4 Å². The molecule has 3 rings (SSSR count). The van der Waals surface area contributed by atoms with Gasteiger partial charge in [0, 0.05) is 32.1 Å². The maximum absolute atomic E-state index is 14.8. The number of nitrogens with one attached hydrogen (secondary N) is 1.